The lowest BCUT2D eigenvalue weighted by Crippen LogP contribution is -2.34. The SMILES string of the molecule is CCN(C)c1ccc2c(c1)C1(c3ccccc3C2)c2ccccc2-c2ccccc21. The Labute approximate surface area is 178 Å². The Morgan fingerprint density at radius 1 is 0.667 bits per heavy atom. The molecule has 0 aliphatic heterocycles. The summed E-state index contributed by atoms with van der Waals surface area (Å²) in [6, 6.07) is 34.2. The van der Waals surface area contributed by atoms with Gasteiger partial charge in [-0.05, 0) is 70.0 Å². The summed E-state index contributed by atoms with van der Waals surface area (Å²) in [5.41, 5.74) is 12.4. The maximum atomic E-state index is 2.45. The Hall–Kier alpha value is -3.32. The van der Waals surface area contributed by atoms with Crippen molar-refractivity contribution in [1.29, 1.82) is 0 Å². The van der Waals surface area contributed by atoms with E-state index in [0.717, 1.165) is 13.0 Å². The van der Waals surface area contributed by atoms with Crippen LogP contribution in [0.5, 0.6) is 0 Å². The highest BCUT2D eigenvalue weighted by Gasteiger charge is 2.49. The maximum Gasteiger partial charge on any atom is 0.0719 e. The highest BCUT2D eigenvalue weighted by Crippen LogP contribution is 2.59. The zero-order valence-electron chi connectivity index (χ0n) is 17.5. The van der Waals surface area contributed by atoms with Gasteiger partial charge in [0.1, 0.15) is 0 Å². The predicted octanol–water partition coefficient (Wildman–Crippen LogP) is 6.41. The Morgan fingerprint density at radius 3 is 1.90 bits per heavy atom. The highest BCUT2D eigenvalue weighted by atomic mass is 15.1. The second kappa shape index (κ2) is 6.34. The van der Waals surface area contributed by atoms with E-state index in [9.17, 15) is 0 Å². The summed E-state index contributed by atoms with van der Waals surface area (Å²) in [5, 5.41) is 0. The molecule has 0 atom stereocenters. The summed E-state index contributed by atoms with van der Waals surface area (Å²) in [4.78, 5) is 2.33. The number of nitrogens with zero attached hydrogens (tertiary/aromatic N) is 1. The number of rotatable bonds is 2. The van der Waals surface area contributed by atoms with Gasteiger partial charge >= 0.3 is 0 Å². The van der Waals surface area contributed by atoms with Gasteiger partial charge in [-0.1, -0.05) is 78.9 Å². The minimum atomic E-state index is -0.248. The maximum absolute atomic E-state index is 2.45. The van der Waals surface area contributed by atoms with Gasteiger partial charge < -0.3 is 4.90 Å². The summed E-state index contributed by atoms with van der Waals surface area (Å²) < 4.78 is 0. The zero-order valence-corrected chi connectivity index (χ0v) is 17.5. The van der Waals surface area contributed by atoms with Crippen LogP contribution in [0.1, 0.15) is 40.3 Å². The molecule has 0 fully saturated rings. The fourth-order valence-electron chi connectivity index (χ4n) is 5.69. The van der Waals surface area contributed by atoms with E-state index < -0.39 is 0 Å². The molecule has 2 aliphatic rings. The van der Waals surface area contributed by atoms with Crippen molar-refractivity contribution in [3.63, 3.8) is 0 Å². The van der Waals surface area contributed by atoms with E-state index in [4.69, 9.17) is 0 Å². The second-order valence-electron chi connectivity index (χ2n) is 8.53. The third-order valence-electron chi connectivity index (χ3n) is 7.17. The molecule has 4 aromatic rings. The molecule has 0 saturated heterocycles. The molecule has 2 aliphatic carbocycles. The Balaban J connectivity index is 1.79. The molecule has 0 aromatic heterocycles. The quantitative estimate of drug-likeness (QED) is 0.332. The van der Waals surface area contributed by atoms with Gasteiger partial charge in [0.2, 0.25) is 0 Å². The van der Waals surface area contributed by atoms with E-state index >= 15 is 0 Å². The normalized spacial score (nSPS) is 14.6. The molecule has 0 saturated carbocycles. The fraction of sp³-hybridized carbons (Fsp3) is 0.172. The van der Waals surface area contributed by atoms with E-state index in [2.05, 4.69) is 110 Å². The Kier molecular flexibility index (Phi) is 3.70. The second-order valence-corrected chi connectivity index (χ2v) is 8.53. The minimum absolute atomic E-state index is 0.248. The molecule has 1 heteroatoms. The predicted molar refractivity (Wildman–Crippen MR) is 125 cm³/mol. The first-order valence-corrected chi connectivity index (χ1v) is 10.9. The van der Waals surface area contributed by atoms with Gasteiger partial charge in [-0.25, -0.2) is 0 Å². The molecular formula is C29H25N. The first-order chi connectivity index (χ1) is 14.7. The molecular weight excluding hydrogens is 362 g/mol. The lowest BCUT2D eigenvalue weighted by molar-refractivity contribution is 0.721. The lowest BCUT2D eigenvalue weighted by atomic mass is 9.61. The van der Waals surface area contributed by atoms with Crippen molar-refractivity contribution in [3.05, 3.63) is 124 Å². The molecule has 0 amide bonds. The van der Waals surface area contributed by atoms with Gasteiger partial charge in [0.25, 0.3) is 0 Å². The Bertz CT molecular complexity index is 1240. The van der Waals surface area contributed by atoms with Crippen LogP contribution in [0.4, 0.5) is 5.69 Å². The summed E-state index contributed by atoms with van der Waals surface area (Å²) in [6.45, 7) is 3.21. The van der Waals surface area contributed by atoms with E-state index in [-0.39, 0.29) is 5.41 Å². The van der Waals surface area contributed by atoms with Crippen LogP contribution in [-0.4, -0.2) is 13.6 Å². The van der Waals surface area contributed by atoms with Crippen molar-refractivity contribution in [2.75, 3.05) is 18.5 Å². The van der Waals surface area contributed by atoms with Crippen LogP contribution < -0.4 is 4.90 Å². The molecule has 0 bridgehead atoms. The van der Waals surface area contributed by atoms with Gasteiger partial charge in [0.05, 0.1) is 5.41 Å². The molecule has 1 nitrogen and oxygen atoms in total. The number of anilines is 1. The van der Waals surface area contributed by atoms with Crippen LogP contribution in [0.2, 0.25) is 0 Å². The zero-order chi connectivity index (χ0) is 20.3. The molecule has 0 heterocycles. The molecule has 4 aromatic carbocycles. The highest BCUT2D eigenvalue weighted by molar-refractivity contribution is 5.88. The summed E-state index contributed by atoms with van der Waals surface area (Å²) >= 11 is 0. The summed E-state index contributed by atoms with van der Waals surface area (Å²) in [6.07, 6.45) is 0.994. The first-order valence-electron chi connectivity index (χ1n) is 10.9. The molecule has 6 rings (SSSR count). The molecule has 30 heavy (non-hydrogen) atoms. The van der Waals surface area contributed by atoms with Crippen LogP contribution in [0.25, 0.3) is 11.1 Å². The van der Waals surface area contributed by atoms with E-state index in [1.54, 1.807) is 0 Å². The van der Waals surface area contributed by atoms with Gasteiger partial charge in [-0.15, -0.1) is 0 Å². The van der Waals surface area contributed by atoms with E-state index in [1.807, 2.05) is 0 Å². The average Bonchev–Trinajstić information content (AvgIpc) is 3.10. The van der Waals surface area contributed by atoms with Crippen molar-refractivity contribution >= 4 is 5.69 Å². The van der Waals surface area contributed by atoms with Gasteiger partial charge in [0.15, 0.2) is 0 Å². The summed E-state index contributed by atoms with van der Waals surface area (Å²) in [7, 11) is 2.18. The third-order valence-corrected chi connectivity index (χ3v) is 7.17. The monoisotopic (exact) mass is 387 g/mol. The standard InChI is InChI=1S/C29H25N/c1-3-30(2)22-17-16-21-18-20-10-4-7-13-25(20)29(28(21)19-22)26-14-8-5-11-23(26)24-12-6-9-15-27(24)29/h4-17,19H,3,18H2,1-2H3. The molecule has 0 unspecified atom stereocenters. The number of hydrogen-bond acceptors (Lipinski definition) is 1. The average molecular weight is 388 g/mol. The van der Waals surface area contributed by atoms with Gasteiger partial charge in [-0.3, -0.25) is 0 Å². The van der Waals surface area contributed by atoms with Crippen molar-refractivity contribution < 1.29 is 0 Å². The summed E-state index contributed by atoms with van der Waals surface area (Å²) in [5.74, 6) is 0. The van der Waals surface area contributed by atoms with E-state index in [1.165, 1.54) is 50.2 Å². The molecule has 0 radical (unpaired) electrons. The van der Waals surface area contributed by atoms with Crippen molar-refractivity contribution in [1.82, 2.24) is 0 Å². The fourth-order valence-corrected chi connectivity index (χ4v) is 5.69. The number of hydrogen-bond donors (Lipinski definition) is 0. The van der Waals surface area contributed by atoms with Crippen molar-refractivity contribution in [2.24, 2.45) is 0 Å². The number of benzene rings is 4. The van der Waals surface area contributed by atoms with Crippen LogP contribution in [0, 0.1) is 0 Å². The van der Waals surface area contributed by atoms with Crippen LogP contribution in [0.15, 0.2) is 91.0 Å². The largest absolute Gasteiger partial charge is 0.375 e. The van der Waals surface area contributed by atoms with Crippen LogP contribution >= 0.6 is 0 Å². The van der Waals surface area contributed by atoms with Gasteiger partial charge in [0, 0.05) is 19.3 Å². The van der Waals surface area contributed by atoms with Crippen LogP contribution in [-0.2, 0) is 11.8 Å². The van der Waals surface area contributed by atoms with Crippen LogP contribution in [0.3, 0.4) is 0 Å². The van der Waals surface area contributed by atoms with Gasteiger partial charge in [-0.2, -0.15) is 0 Å². The smallest absolute Gasteiger partial charge is 0.0719 e. The molecule has 146 valence electrons. The minimum Gasteiger partial charge on any atom is -0.375 e. The van der Waals surface area contributed by atoms with Crippen molar-refractivity contribution in [2.45, 2.75) is 18.8 Å². The Morgan fingerprint density at radius 2 is 1.23 bits per heavy atom. The third kappa shape index (κ3) is 2.13. The van der Waals surface area contributed by atoms with E-state index in [0.29, 0.717) is 0 Å². The first kappa shape index (κ1) is 17.5. The topological polar surface area (TPSA) is 3.24 Å². The van der Waals surface area contributed by atoms with Crippen molar-refractivity contribution in [3.8, 4) is 11.1 Å². The molecule has 0 N–H and O–H groups in total. The molecule has 1 spiro atoms. The lowest BCUT2D eigenvalue weighted by Gasteiger charge is -2.40. The number of fused-ring (bicyclic) bond motifs is 9.